The SMILES string of the molecule is Cc1cc2c(cc1S(=O)(=O)N1CCCC(C(=O)NC3CCN(Cc4ccccc4)CC3)C1)OC(C)C(=O)N2. The molecule has 0 saturated carbocycles. The van der Waals surface area contributed by atoms with Crippen LogP contribution in [0.4, 0.5) is 5.69 Å². The van der Waals surface area contributed by atoms with Gasteiger partial charge >= 0.3 is 0 Å². The Morgan fingerprint density at radius 2 is 1.84 bits per heavy atom. The first-order valence-electron chi connectivity index (χ1n) is 13.4. The predicted molar refractivity (Wildman–Crippen MR) is 144 cm³/mol. The van der Waals surface area contributed by atoms with E-state index < -0.39 is 16.1 Å². The molecule has 10 heteroatoms. The minimum Gasteiger partial charge on any atom is -0.479 e. The molecular formula is C28H36N4O5S. The monoisotopic (exact) mass is 540 g/mol. The highest BCUT2D eigenvalue weighted by Crippen LogP contribution is 2.36. The number of piperidine rings is 2. The maximum atomic E-state index is 13.6. The van der Waals surface area contributed by atoms with E-state index in [0.717, 1.165) is 32.5 Å². The summed E-state index contributed by atoms with van der Waals surface area (Å²) in [6.07, 6.45) is 2.36. The molecule has 2 fully saturated rings. The van der Waals surface area contributed by atoms with E-state index >= 15 is 0 Å². The van der Waals surface area contributed by atoms with Gasteiger partial charge in [-0.15, -0.1) is 0 Å². The molecule has 2 aromatic rings. The van der Waals surface area contributed by atoms with Crippen molar-refractivity contribution in [3.8, 4) is 5.75 Å². The van der Waals surface area contributed by atoms with E-state index in [0.29, 0.717) is 36.4 Å². The number of nitrogens with zero attached hydrogens (tertiary/aromatic N) is 2. The van der Waals surface area contributed by atoms with Crippen molar-refractivity contribution in [1.29, 1.82) is 0 Å². The lowest BCUT2D eigenvalue weighted by Crippen LogP contribution is -2.50. The van der Waals surface area contributed by atoms with Crippen molar-refractivity contribution in [1.82, 2.24) is 14.5 Å². The van der Waals surface area contributed by atoms with Crippen LogP contribution in [0.15, 0.2) is 47.4 Å². The number of nitrogens with one attached hydrogen (secondary N) is 2. The number of rotatable bonds is 6. The molecule has 38 heavy (non-hydrogen) atoms. The van der Waals surface area contributed by atoms with E-state index in [1.54, 1.807) is 19.9 Å². The average Bonchev–Trinajstić information content (AvgIpc) is 2.91. The molecule has 5 rings (SSSR count). The summed E-state index contributed by atoms with van der Waals surface area (Å²) in [5.74, 6) is -0.367. The summed E-state index contributed by atoms with van der Waals surface area (Å²) in [6.45, 7) is 6.60. The van der Waals surface area contributed by atoms with Crippen LogP contribution in [-0.4, -0.2) is 67.8 Å². The first kappa shape index (κ1) is 26.6. The summed E-state index contributed by atoms with van der Waals surface area (Å²) in [5.41, 5.74) is 2.28. The van der Waals surface area contributed by atoms with Gasteiger partial charge in [0.05, 0.1) is 16.5 Å². The first-order chi connectivity index (χ1) is 18.2. The van der Waals surface area contributed by atoms with Crippen molar-refractivity contribution in [2.75, 3.05) is 31.5 Å². The fraction of sp³-hybridized carbons (Fsp3) is 0.500. The average molecular weight is 541 g/mol. The fourth-order valence-electron chi connectivity index (χ4n) is 5.53. The van der Waals surface area contributed by atoms with Crippen LogP contribution in [-0.2, 0) is 26.2 Å². The highest BCUT2D eigenvalue weighted by Gasteiger charge is 2.36. The second-order valence-electron chi connectivity index (χ2n) is 10.6. The lowest BCUT2D eigenvalue weighted by Gasteiger charge is -2.35. The molecule has 3 aliphatic rings. The lowest BCUT2D eigenvalue weighted by molar-refractivity contribution is -0.127. The van der Waals surface area contributed by atoms with Crippen LogP contribution < -0.4 is 15.4 Å². The number of amides is 2. The zero-order valence-corrected chi connectivity index (χ0v) is 22.8. The number of carbonyl (C=O) groups excluding carboxylic acids is 2. The van der Waals surface area contributed by atoms with Gasteiger partial charge in [0.2, 0.25) is 15.9 Å². The van der Waals surface area contributed by atoms with E-state index in [2.05, 4.69) is 39.8 Å². The summed E-state index contributed by atoms with van der Waals surface area (Å²) in [4.78, 5) is 27.6. The molecule has 9 nitrogen and oxygen atoms in total. The smallest absolute Gasteiger partial charge is 0.265 e. The summed E-state index contributed by atoms with van der Waals surface area (Å²) < 4.78 is 34.3. The number of sulfonamides is 1. The second-order valence-corrected chi connectivity index (χ2v) is 12.5. The summed E-state index contributed by atoms with van der Waals surface area (Å²) in [5, 5.41) is 5.95. The second kappa shape index (κ2) is 11.0. The largest absolute Gasteiger partial charge is 0.479 e. The molecule has 3 aliphatic heterocycles. The van der Waals surface area contributed by atoms with Gasteiger partial charge in [-0.25, -0.2) is 8.42 Å². The molecule has 2 amide bonds. The van der Waals surface area contributed by atoms with Crippen LogP contribution in [0, 0.1) is 12.8 Å². The number of fused-ring (bicyclic) bond motifs is 1. The zero-order valence-electron chi connectivity index (χ0n) is 22.0. The molecular weight excluding hydrogens is 504 g/mol. The Morgan fingerprint density at radius 3 is 2.58 bits per heavy atom. The highest BCUT2D eigenvalue weighted by atomic mass is 32.2. The molecule has 2 saturated heterocycles. The number of anilines is 1. The van der Waals surface area contributed by atoms with Crippen LogP contribution in [0.3, 0.4) is 0 Å². The maximum Gasteiger partial charge on any atom is 0.265 e. The third-order valence-corrected chi connectivity index (χ3v) is 9.77. The molecule has 0 aliphatic carbocycles. The Kier molecular flexibility index (Phi) is 7.74. The van der Waals surface area contributed by atoms with Gasteiger partial charge in [0, 0.05) is 44.8 Å². The molecule has 0 radical (unpaired) electrons. The molecule has 2 N–H and O–H groups in total. The summed E-state index contributed by atoms with van der Waals surface area (Å²) in [6, 6.07) is 13.6. The van der Waals surface area contributed by atoms with Crippen molar-refractivity contribution >= 4 is 27.5 Å². The maximum absolute atomic E-state index is 13.6. The summed E-state index contributed by atoms with van der Waals surface area (Å²) in [7, 11) is -3.84. The number of hydrogen-bond acceptors (Lipinski definition) is 6. The Labute approximate surface area is 224 Å². The van der Waals surface area contributed by atoms with Crippen molar-refractivity contribution in [3.63, 3.8) is 0 Å². The predicted octanol–water partition coefficient (Wildman–Crippen LogP) is 2.90. The molecule has 0 aromatic heterocycles. The van der Waals surface area contributed by atoms with Crippen molar-refractivity contribution in [3.05, 3.63) is 53.6 Å². The number of ether oxygens (including phenoxy) is 1. The Balaban J connectivity index is 1.19. The molecule has 0 spiro atoms. The third kappa shape index (κ3) is 5.72. The van der Waals surface area contributed by atoms with Gasteiger partial charge in [-0.2, -0.15) is 4.31 Å². The van der Waals surface area contributed by atoms with Gasteiger partial charge < -0.3 is 15.4 Å². The number of carbonyl (C=O) groups is 2. The molecule has 2 aromatic carbocycles. The van der Waals surface area contributed by atoms with Crippen LogP contribution >= 0.6 is 0 Å². The normalized spacial score (nSPS) is 23.3. The molecule has 204 valence electrons. The Hall–Kier alpha value is -2.95. The van der Waals surface area contributed by atoms with E-state index in [1.807, 2.05) is 6.07 Å². The van der Waals surface area contributed by atoms with Crippen LogP contribution in [0.25, 0.3) is 0 Å². The fourth-order valence-corrected chi connectivity index (χ4v) is 7.28. The van der Waals surface area contributed by atoms with Crippen molar-refractivity contribution in [2.45, 2.75) is 63.1 Å². The minimum atomic E-state index is -3.84. The van der Waals surface area contributed by atoms with Gasteiger partial charge in [0.15, 0.2) is 6.10 Å². The van der Waals surface area contributed by atoms with Crippen LogP contribution in [0.5, 0.6) is 5.75 Å². The van der Waals surface area contributed by atoms with Crippen LogP contribution in [0.1, 0.15) is 43.7 Å². The quantitative estimate of drug-likeness (QED) is 0.584. The molecule has 2 unspecified atom stereocenters. The first-order valence-corrected chi connectivity index (χ1v) is 14.8. The van der Waals surface area contributed by atoms with Crippen LogP contribution in [0.2, 0.25) is 0 Å². The van der Waals surface area contributed by atoms with E-state index in [4.69, 9.17) is 4.74 Å². The topological polar surface area (TPSA) is 108 Å². The van der Waals surface area contributed by atoms with E-state index in [9.17, 15) is 18.0 Å². The molecule has 2 atom stereocenters. The van der Waals surface area contributed by atoms with Gasteiger partial charge in [0.25, 0.3) is 5.91 Å². The number of hydrogen-bond donors (Lipinski definition) is 2. The van der Waals surface area contributed by atoms with E-state index in [-0.39, 0.29) is 35.2 Å². The number of benzene rings is 2. The van der Waals surface area contributed by atoms with Gasteiger partial charge in [-0.3, -0.25) is 14.5 Å². The third-order valence-electron chi connectivity index (χ3n) is 7.76. The van der Waals surface area contributed by atoms with Gasteiger partial charge in [0.1, 0.15) is 5.75 Å². The molecule has 3 heterocycles. The minimum absolute atomic E-state index is 0.0616. The number of likely N-dealkylation sites (tertiary alicyclic amines) is 1. The Bertz CT molecular complexity index is 1290. The van der Waals surface area contributed by atoms with Crippen molar-refractivity contribution in [2.24, 2.45) is 5.92 Å². The lowest BCUT2D eigenvalue weighted by atomic mass is 9.97. The van der Waals surface area contributed by atoms with E-state index in [1.165, 1.54) is 15.9 Å². The highest BCUT2D eigenvalue weighted by molar-refractivity contribution is 7.89. The summed E-state index contributed by atoms with van der Waals surface area (Å²) >= 11 is 0. The number of aryl methyl sites for hydroxylation is 1. The molecule has 0 bridgehead atoms. The zero-order chi connectivity index (χ0) is 26.9. The van der Waals surface area contributed by atoms with Gasteiger partial charge in [-0.1, -0.05) is 30.3 Å². The Morgan fingerprint density at radius 1 is 1.11 bits per heavy atom. The standard InChI is InChI=1S/C28H36N4O5S/c1-19-15-24-25(37-20(2)27(33)30-24)16-26(19)38(35,36)32-12-6-9-22(18-32)28(34)29-23-10-13-31(14-11-23)17-21-7-4-3-5-8-21/h3-5,7-8,15-16,20,22-23H,6,9-14,17-18H2,1-2H3,(H,29,34)(H,30,33). The van der Waals surface area contributed by atoms with Crippen molar-refractivity contribution < 1.29 is 22.7 Å². The van der Waals surface area contributed by atoms with Gasteiger partial charge in [-0.05, 0) is 56.7 Å².